The fraction of sp³-hybridized carbons (Fsp3) is 0.571. The number of aliphatic hydroxyl groups is 1. The Hall–Kier alpha value is -0.770. The van der Waals surface area contributed by atoms with E-state index in [1.165, 1.54) is 5.69 Å². The number of rotatable bonds is 3. The van der Waals surface area contributed by atoms with E-state index >= 15 is 0 Å². The van der Waals surface area contributed by atoms with Crippen molar-refractivity contribution in [2.45, 2.75) is 19.4 Å². The zero-order valence-corrected chi connectivity index (χ0v) is 11.8. The molecule has 2 rings (SSSR count). The summed E-state index contributed by atoms with van der Waals surface area (Å²) in [6, 6.07) is 7.99. The fourth-order valence-electron chi connectivity index (χ4n) is 2.34. The molecule has 1 aromatic carbocycles. The third kappa shape index (κ3) is 2.97. The highest BCUT2D eigenvalue weighted by molar-refractivity contribution is 6.30. The molecule has 0 radical (unpaired) electrons. The zero-order valence-electron chi connectivity index (χ0n) is 11.1. The van der Waals surface area contributed by atoms with Gasteiger partial charge in [-0.25, -0.2) is 0 Å². The van der Waals surface area contributed by atoms with Crippen LogP contribution in [-0.4, -0.2) is 48.3 Å². The molecule has 1 aliphatic rings. The van der Waals surface area contributed by atoms with Gasteiger partial charge in [-0.2, -0.15) is 0 Å². The van der Waals surface area contributed by atoms with Crippen LogP contribution in [0.15, 0.2) is 24.3 Å². The van der Waals surface area contributed by atoms with E-state index in [0.717, 1.165) is 31.2 Å². The maximum absolute atomic E-state index is 9.39. The van der Waals surface area contributed by atoms with Crippen LogP contribution >= 0.6 is 11.6 Å². The first-order valence-corrected chi connectivity index (χ1v) is 6.77. The number of hydrogen-bond acceptors (Lipinski definition) is 3. The number of halogens is 1. The van der Waals surface area contributed by atoms with Crippen LogP contribution < -0.4 is 4.90 Å². The van der Waals surface area contributed by atoms with Crippen molar-refractivity contribution in [2.75, 3.05) is 37.7 Å². The van der Waals surface area contributed by atoms with E-state index in [-0.39, 0.29) is 12.1 Å². The van der Waals surface area contributed by atoms with Crippen molar-refractivity contribution >= 4 is 17.3 Å². The Morgan fingerprint density at radius 2 is 1.89 bits per heavy atom. The Morgan fingerprint density at radius 1 is 1.22 bits per heavy atom. The molecule has 1 heterocycles. The first kappa shape index (κ1) is 13.7. The molecule has 100 valence electrons. The normalized spacial score (nSPS) is 18.1. The van der Waals surface area contributed by atoms with Gasteiger partial charge in [0.25, 0.3) is 0 Å². The summed E-state index contributed by atoms with van der Waals surface area (Å²) in [6.45, 7) is 8.27. The molecule has 0 amide bonds. The molecular weight excluding hydrogens is 248 g/mol. The molecule has 0 unspecified atom stereocenters. The van der Waals surface area contributed by atoms with Crippen molar-refractivity contribution in [2.24, 2.45) is 0 Å². The number of anilines is 1. The molecule has 0 spiro atoms. The highest BCUT2D eigenvalue weighted by Gasteiger charge is 2.29. The van der Waals surface area contributed by atoms with Crippen molar-refractivity contribution in [3.8, 4) is 0 Å². The van der Waals surface area contributed by atoms with E-state index in [1.807, 2.05) is 18.2 Å². The summed E-state index contributed by atoms with van der Waals surface area (Å²) in [5, 5.41) is 10.2. The van der Waals surface area contributed by atoms with Crippen LogP contribution in [0, 0.1) is 0 Å². The first-order valence-electron chi connectivity index (χ1n) is 6.39. The smallest absolute Gasteiger partial charge is 0.0610 e. The molecule has 1 N–H and O–H groups in total. The SMILES string of the molecule is CC(C)(CO)N1CCN(c2cccc(Cl)c2)CC1. The van der Waals surface area contributed by atoms with Crippen molar-refractivity contribution in [3.63, 3.8) is 0 Å². The number of piperazine rings is 1. The summed E-state index contributed by atoms with van der Waals surface area (Å²) >= 11 is 6.02. The van der Waals surface area contributed by atoms with E-state index in [2.05, 4.69) is 29.7 Å². The van der Waals surface area contributed by atoms with Crippen LogP contribution in [0.5, 0.6) is 0 Å². The lowest BCUT2D eigenvalue weighted by Crippen LogP contribution is -2.56. The molecule has 0 atom stereocenters. The highest BCUT2D eigenvalue weighted by Crippen LogP contribution is 2.23. The van der Waals surface area contributed by atoms with Gasteiger partial charge >= 0.3 is 0 Å². The van der Waals surface area contributed by atoms with Crippen molar-refractivity contribution < 1.29 is 5.11 Å². The molecule has 0 bridgehead atoms. The van der Waals surface area contributed by atoms with Crippen LogP contribution in [-0.2, 0) is 0 Å². The molecule has 3 nitrogen and oxygen atoms in total. The molecular formula is C14H21ClN2O. The molecule has 18 heavy (non-hydrogen) atoms. The van der Waals surface area contributed by atoms with Gasteiger partial charge < -0.3 is 10.0 Å². The predicted molar refractivity (Wildman–Crippen MR) is 76.4 cm³/mol. The van der Waals surface area contributed by atoms with E-state index in [1.54, 1.807) is 0 Å². The molecule has 0 aliphatic carbocycles. The first-order chi connectivity index (χ1) is 8.53. The molecule has 0 saturated carbocycles. The van der Waals surface area contributed by atoms with Gasteiger partial charge in [-0.3, -0.25) is 4.90 Å². The van der Waals surface area contributed by atoms with Crippen molar-refractivity contribution in [1.82, 2.24) is 4.90 Å². The number of benzene rings is 1. The standard InChI is InChI=1S/C14H21ClN2O/c1-14(2,11-18)17-8-6-16(7-9-17)13-5-3-4-12(15)10-13/h3-5,10,18H,6-9,11H2,1-2H3. The Morgan fingerprint density at radius 3 is 2.44 bits per heavy atom. The Labute approximate surface area is 114 Å². The van der Waals surface area contributed by atoms with E-state index in [4.69, 9.17) is 11.6 Å². The van der Waals surface area contributed by atoms with Gasteiger partial charge in [0.05, 0.1) is 6.61 Å². The van der Waals surface area contributed by atoms with Gasteiger partial charge in [0.2, 0.25) is 0 Å². The Balaban J connectivity index is 1.99. The second kappa shape index (κ2) is 5.47. The van der Waals surface area contributed by atoms with E-state index in [0.29, 0.717) is 0 Å². The monoisotopic (exact) mass is 268 g/mol. The van der Waals surface area contributed by atoms with Crippen LogP contribution in [0.25, 0.3) is 0 Å². The number of aliphatic hydroxyl groups excluding tert-OH is 1. The van der Waals surface area contributed by atoms with Gasteiger partial charge in [0, 0.05) is 42.4 Å². The van der Waals surface area contributed by atoms with Gasteiger partial charge in [0.15, 0.2) is 0 Å². The van der Waals surface area contributed by atoms with Crippen LogP contribution in [0.4, 0.5) is 5.69 Å². The second-order valence-electron chi connectivity index (χ2n) is 5.42. The third-order valence-electron chi connectivity index (χ3n) is 3.70. The summed E-state index contributed by atoms with van der Waals surface area (Å²) in [4.78, 5) is 4.68. The van der Waals surface area contributed by atoms with Crippen molar-refractivity contribution in [1.29, 1.82) is 0 Å². The molecule has 1 fully saturated rings. The lowest BCUT2D eigenvalue weighted by atomic mass is 10.0. The zero-order chi connectivity index (χ0) is 13.2. The molecule has 4 heteroatoms. The lowest BCUT2D eigenvalue weighted by Gasteiger charge is -2.43. The quantitative estimate of drug-likeness (QED) is 0.911. The Kier molecular flexibility index (Phi) is 4.15. The average Bonchev–Trinajstić information content (AvgIpc) is 2.39. The summed E-state index contributed by atoms with van der Waals surface area (Å²) in [5.41, 5.74) is 1.06. The van der Waals surface area contributed by atoms with Crippen molar-refractivity contribution in [3.05, 3.63) is 29.3 Å². The van der Waals surface area contributed by atoms with Gasteiger partial charge in [-0.15, -0.1) is 0 Å². The average molecular weight is 269 g/mol. The van der Waals surface area contributed by atoms with Gasteiger partial charge in [-0.05, 0) is 32.0 Å². The number of nitrogens with zero attached hydrogens (tertiary/aromatic N) is 2. The maximum Gasteiger partial charge on any atom is 0.0610 e. The molecule has 1 aromatic rings. The predicted octanol–water partition coefficient (Wildman–Crippen LogP) is 2.23. The van der Waals surface area contributed by atoms with Crippen LogP contribution in [0.3, 0.4) is 0 Å². The number of hydrogen-bond donors (Lipinski definition) is 1. The molecule has 1 aliphatic heterocycles. The summed E-state index contributed by atoms with van der Waals surface area (Å²) in [5.74, 6) is 0. The van der Waals surface area contributed by atoms with Crippen LogP contribution in [0.2, 0.25) is 5.02 Å². The maximum atomic E-state index is 9.39. The Bertz CT molecular complexity index is 401. The van der Waals surface area contributed by atoms with Crippen LogP contribution in [0.1, 0.15) is 13.8 Å². The second-order valence-corrected chi connectivity index (χ2v) is 5.86. The summed E-state index contributed by atoms with van der Waals surface area (Å²) in [6.07, 6.45) is 0. The topological polar surface area (TPSA) is 26.7 Å². The minimum atomic E-state index is -0.125. The minimum absolute atomic E-state index is 0.125. The summed E-state index contributed by atoms with van der Waals surface area (Å²) < 4.78 is 0. The van der Waals surface area contributed by atoms with Gasteiger partial charge in [-0.1, -0.05) is 17.7 Å². The fourth-order valence-corrected chi connectivity index (χ4v) is 2.53. The minimum Gasteiger partial charge on any atom is -0.394 e. The highest BCUT2D eigenvalue weighted by atomic mass is 35.5. The lowest BCUT2D eigenvalue weighted by molar-refractivity contribution is 0.0527. The van der Waals surface area contributed by atoms with Gasteiger partial charge in [0.1, 0.15) is 0 Å². The van der Waals surface area contributed by atoms with E-state index in [9.17, 15) is 5.11 Å². The van der Waals surface area contributed by atoms with E-state index < -0.39 is 0 Å². The summed E-state index contributed by atoms with van der Waals surface area (Å²) in [7, 11) is 0. The largest absolute Gasteiger partial charge is 0.394 e. The molecule has 1 saturated heterocycles. The third-order valence-corrected chi connectivity index (χ3v) is 3.93. The molecule has 0 aromatic heterocycles.